The van der Waals surface area contributed by atoms with Crippen molar-refractivity contribution in [3.63, 3.8) is 0 Å². The molecule has 6 nitrogen and oxygen atoms in total. The first-order valence-electron chi connectivity index (χ1n) is 7.09. The number of nitrogens with two attached hydrogens (primary N) is 1. The van der Waals surface area contributed by atoms with Crippen LogP contribution in [0.15, 0.2) is 18.2 Å². The van der Waals surface area contributed by atoms with Gasteiger partial charge in [0.2, 0.25) is 0 Å². The van der Waals surface area contributed by atoms with E-state index >= 15 is 0 Å². The Morgan fingerprint density at radius 1 is 1.43 bits per heavy atom. The maximum atomic E-state index is 12.5. The first-order valence-corrected chi connectivity index (χ1v) is 7.09. The third-order valence-corrected chi connectivity index (χ3v) is 3.85. The lowest BCUT2D eigenvalue weighted by molar-refractivity contribution is 0.0781. The fraction of sp³-hybridized carbons (Fsp3) is 0.400. The third-order valence-electron chi connectivity index (χ3n) is 3.85. The molecule has 0 radical (unpaired) electrons. The van der Waals surface area contributed by atoms with Gasteiger partial charge in [-0.2, -0.15) is 0 Å². The van der Waals surface area contributed by atoms with Gasteiger partial charge in [-0.1, -0.05) is 11.6 Å². The number of aryl methyl sites for hydroxylation is 2. The average molecular weight is 285 g/mol. The van der Waals surface area contributed by atoms with Crippen molar-refractivity contribution in [1.29, 1.82) is 0 Å². The minimum atomic E-state index is -0.0912. The van der Waals surface area contributed by atoms with Crippen molar-refractivity contribution in [2.45, 2.75) is 32.9 Å². The number of hydrogen-bond acceptors (Lipinski definition) is 4. The van der Waals surface area contributed by atoms with Gasteiger partial charge in [-0.3, -0.25) is 4.79 Å². The van der Waals surface area contributed by atoms with E-state index in [1.165, 1.54) is 0 Å². The Hall–Kier alpha value is -2.37. The van der Waals surface area contributed by atoms with Crippen molar-refractivity contribution < 1.29 is 4.79 Å². The van der Waals surface area contributed by atoms with Gasteiger partial charge in [-0.15, -0.1) is 10.2 Å². The summed E-state index contributed by atoms with van der Waals surface area (Å²) in [4.78, 5) is 14.2. The number of amides is 1. The number of anilines is 1. The molecule has 3 rings (SSSR count). The highest BCUT2D eigenvalue weighted by Crippen LogP contribution is 2.18. The van der Waals surface area contributed by atoms with Gasteiger partial charge >= 0.3 is 0 Å². The molecule has 2 heterocycles. The number of hydrogen-bond donors (Lipinski definition) is 1. The monoisotopic (exact) mass is 285 g/mol. The van der Waals surface area contributed by atoms with Gasteiger partial charge in [0.25, 0.3) is 5.91 Å². The quantitative estimate of drug-likeness (QED) is 0.864. The lowest BCUT2D eigenvalue weighted by Crippen LogP contribution is -2.28. The summed E-state index contributed by atoms with van der Waals surface area (Å²) in [5.41, 5.74) is 7.97. The lowest BCUT2D eigenvalue weighted by Gasteiger charge is -2.18. The SMILES string of the molecule is Cc1ccc(N)c(C(=O)N(C)Cc2nnc3n2CCC3)c1. The molecule has 2 aromatic rings. The molecule has 0 saturated carbocycles. The van der Waals surface area contributed by atoms with Crippen molar-refractivity contribution in [2.75, 3.05) is 12.8 Å². The summed E-state index contributed by atoms with van der Waals surface area (Å²) in [5, 5.41) is 8.35. The molecule has 1 aromatic carbocycles. The maximum absolute atomic E-state index is 12.5. The van der Waals surface area contributed by atoms with Gasteiger partial charge in [0.1, 0.15) is 5.82 Å². The largest absolute Gasteiger partial charge is 0.398 e. The molecule has 110 valence electrons. The Balaban J connectivity index is 1.80. The second-order valence-electron chi connectivity index (χ2n) is 5.54. The van der Waals surface area contributed by atoms with E-state index in [9.17, 15) is 4.79 Å². The molecular weight excluding hydrogens is 266 g/mol. The number of carbonyl (C=O) groups is 1. The van der Waals surface area contributed by atoms with E-state index in [1.54, 1.807) is 18.0 Å². The van der Waals surface area contributed by atoms with Crippen LogP contribution in [-0.2, 0) is 19.5 Å². The van der Waals surface area contributed by atoms with E-state index in [2.05, 4.69) is 14.8 Å². The number of rotatable bonds is 3. The van der Waals surface area contributed by atoms with Gasteiger partial charge in [-0.05, 0) is 25.5 Å². The molecule has 1 aromatic heterocycles. The van der Waals surface area contributed by atoms with Crippen LogP contribution in [-0.4, -0.2) is 32.6 Å². The fourth-order valence-electron chi connectivity index (χ4n) is 2.67. The number of nitrogens with zero attached hydrogens (tertiary/aromatic N) is 4. The van der Waals surface area contributed by atoms with Gasteiger partial charge in [-0.25, -0.2) is 0 Å². The molecule has 0 bridgehead atoms. The molecule has 0 unspecified atom stereocenters. The van der Waals surface area contributed by atoms with Crippen LogP contribution in [0.1, 0.15) is 34.0 Å². The Bertz CT molecular complexity index is 691. The van der Waals surface area contributed by atoms with Crippen LogP contribution in [0.4, 0.5) is 5.69 Å². The third kappa shape index (κ3) is 2.49. The molecule has 1 aliphatic rings. The van der Waals surface area contributed by atoms with E-state index in [0.717, 1.165) is 36.6 Å². The normalized spacial score (nSPS) is 13.2. The molecular formula is C15H19N5O. The Kier molecular flexibility index (Phi) is 3.37. The van der Waals surface area contributed by atoms with Crippen LogP contribution in [0, 0.1) is 6.92 Å². The smallest absolute Gasteiger partial charge is 0.256 e. The first kappa shape index (κ1) is 13.6. The molecule has 0 aliphatic carbocycles. The molecule has 21 heavy (non-hydrogen) atoms. The standard InChI is InChI=1S/C15H19N5O/c1-10-5-6-12(16)11(8-10)15(21)19(2)9-14-18-17-13-4-3-7-20(13)14/h5-6,8H,3-4,7,9,16H2,1-2H3. The van der Waals surface area contributed by atoms with Gasteiger partial charge in [0, 0.05) is 25.7 Å². The number of fused-ring (bicyclic) bond motifs is 1. The zero-order valence-corrected chi connectivity index (χ0v) is 12.3. The van der Waals surface area contributed by atoms with E-state index in [1.807, 2.05) is 19.1 Å². The van der Waals surface area contributed by atoms with Crippen molar-refractivity contribution in [2.24, 2.45) is 0 Å². The molecule has 0 spiro atoms. The molecule has 6 heteroatoms. The number of carbonyl (C=O) groups excluding carboxylic acids is 1. The Morgan fingerprint density at radius 3 is 3.05 bits per heavy atom. The van der Waals surface area contributed by atoms with E-state index < -0.39 is 0 Å². The summed E-state index contributed by atoms with van der Waals surface area (Å²) >= 11 is 0. The highest BCUT2D eigenvalue weighted by Gasteiger charge is 2.21. The minimum absolute atomic E-state index is 0.0912. The molecule has 0 fully saturated rings. The fourth-order valence-corrected chi connectivity index (χ4v) is 2.67. The van der Waals surface area contributed by atoms with E-state index in [-0.39, 0.29) is 5.91 Å². The first-order chi connectivity index (χ1) is 10.1. The number of benzene rings is 1. The predicted molar refractivity (Wildman–Crippen MR) is 79.7 cm³/mol. The van der Waals surface area contributed by atoms with Crippen LogP contribution in [0.5, 0.6) is 0 Å². The molecule has 0 atom stereocenters. The summed E-state index contributed by atoms with van der Waals surface area (Å²) in [6.45, 7) is 3.33. The van der Waals surface area contributed by atoms with E-state index in [4.69, 9.17) is 5.73 Å². The maximum Gasteiger partial charge on any atom is 0.256 e. The molecule has 1 aliphatic heterocycles. The molecule has 1 amide bonds. The van der Waals surface area contributed by atoms with Gasteiger partial charge in [0.05, 0.1) is 12.1 Å². The predicted octanol–water partition coefficient (Wildman–Crippen LogP) is 1.39. The summed E-state index contributed by atoms with van der Waals surface area (Å²) in [6.07, 6.45) is 2.07. The zero-order chi connectivity index (χ0) is 15.0. The summed E-state index contributed by atoms with van der Waals surface area (Å²) < 4.78 is 2.10. The summed E-state index contributed by atoms with van der Waals surface area (Å²) in [6, 6.07) is 5.49. The number of aromatic nitrogens is 3. The van der Waals surface area contributed by atoms with E-state index in [0.29, 0.717) is 17.8 Å². The lowest BCUT2D eigenvalue weighted by atomic mass is 10.1. The van der Waals surface area contributed by atoms with Crippen LogP contribution in [0.25, 0.3) is 0 Å². The van der Waals surface area contributed by atoms with Crippen LogP contribution < -0.4 is 5.73 Å². The van der Waals surface area contributed by atoms with Crippen molar-refractivity contribution in [1.82, 2.24) is 19.7 Å². The Morgan fingerprint density at radius 2 is 2.24 bits per heavy atom. The van der Waals surface area contributed by atoms with Gasteiger partial charge in [0.15, 0.2) is 5.82 Å². The minimum Gasteiger partial charge on any atom is -0.398 e. The number of nitrogen functional groups attached to an aromatic ring is 1. The van der Waals surface area contributed by atoms with Crippen LogP contribution in [0.3, 0.4) is 0 Å². The second kappa shape index (κ2) is 5.20. The zero-order valence-electron chi connectivity index (χ0n) is 12.3. The van der Waals surface area contributed by atoms with Crippen molar-refractivity contribution in [3.05, 3.63) is 41.0 Å². The van der Waals surface area contributed by atoms with Crippen LogP contribution in [0.2, 0.25) is 0 Å². The average Bonchev–Trinajstić information content (AvgIpc) is 3.05. The second-order valence-corrected chi connectivity index (χ2v) is 5.54. The molecule has 2 N–H and O–H groups in total. The van der Waals surface area contributed by atoms with Crippen molar-refractivity contribution >= 4 is 11.6 Å². The van der Waals surface area contributed by atoms with Crippen LogP contribution >= 0.6 is 0 Å². The van der Waals surface area contributed by atoms with Crippen molar-refractivity contribution in [3.8, 4) is 0 Å². The summed E-state index contributed by atoms with van der Waals surface area (Å²) in [5.74, 6) is 1.76. The summed E-state index contributed by atoms with van der Waals surface area (Å²) in [7, 11) is 1.76. The molecule has 0 saturated heterocycles. The highest BCUT2D eigenvalue weighted by molar-refractivity contribution is 5.99. The Labute approximate surface area is 123 Å². The highest BCUT2D eigenvalue weighted by atomic mass is 16.2. The topological polar surface area (TPSA) is 77.0 Å². The van der Waals surface area contributed by atoms with Gasteiger partial charge < -0.3 is 15.2 Å².